The van der Waals surface area contributed by atoms with Crippen molar-refractivity contribution in [2.24, 2.45) is 0 Å². The van der Waals surface area contributed by atoms with Crippen molar-refractivity contribution in [2.75, 3.05) is 12.4 Å². The first kappa shape index (κ1) is 16.2. The summed E-state index contributed by atoms with van der Waals surface area (Å²) in [7, 11) is 1.64. The molecule has 0 aliphatic heterocycles. The molecule has 1 aromatic carbocycles. The Morgan fingerprint density at radius 3 is 2.62 bits per heavy atom. The Balaban J connectivity index is 2.05. The van der Waals surface area contributed by atoms with Crippen LogP contribution in [0.15, 0.2) is 21.1 Å². The minimum absolute atomic E-state index is 0.633. The highest BCUT2D eigenvalue weighted by Crippen LogP contribution is 2.34. The van der Waals surface area contributed by atoms with Gasteiger partial charge in [-0.2, -0.15) is 0 Å². The fourth-order valence-electron chi connectivity index (χ4n) is 1.88. The van der Waals surface area contributed by atoms with E-state index in [2.05, 4.69) is 59.6 Å². The fraction of sp³-hybridized carbons (Fsp3) is 0.462. The number of anilines is 1. The minimum atomic E-state index is 0.633. The molecule has 0 saturated heterocycles. The molecule has 114 valence electrons. The molecule has 6 nitrogen and oxygen atoms in total. The first-order chi connectivity index (χ1) is 10.2. The summed E-state index contributed by atoms with van der Waals surface area (Å²) in [5, 5.41) is 15.0. The number of tetrazole rings is 1. The number of unbranched alkanes of at least 4 members (excludes halogenated alkanes) is 1. The number of ether oxygens (including phenoxy) is 1. The van der Waals surface area contributed by atoms with Gasteiger partial charge in [-0.05, 0) is 66.4 Å². The Labute approximate surface area is 140 Å². The number of halogens is 2. The number of aromatic nitrogens is 4. The summed E-state index contributed by atoms with van der Waals surface area (Å²) in [5.41, 5.74) is 1.10. The second-order valence-corrected chi connectivity index (χ2v) is 6.23. The molecule has 0 amide bonds. The van der Waals surface area contributed by atoms with Crippen LogP contribution in [0.2, 0.25) is 0 Å². The Morgan fingerprint density at radius 1 is 1.29 bits per heavy atom. The van der Waals surface area contributed by atoms with Crippen molar-refractivity contribution in [1.82, 2.24) is 20.2 Å². The summed E-state index contributed by atoms with van der Waals surface area (Å²) in [6.45, 7) is 3.60. The zero-order valence-corrected chi connectivity index (χ0v) is 15.1. The van der Waals surface area contributed by atoms with Crippen LogP contribution in [0.5, 0.6) is 5.75 Å². The molecule has 2 aromatic rings. The molecule has 8 heteroatoms. The van der Waals surface area contributed by atoms with Crippen LogP contribution >= 0.6 is 31.9 Å². The van der Waals surface area contributed by atoms with Gasteiger partial charge in [0.15, 0.2) is 0 Å². The number of rotatable bonds is 7. The van der Waals surface area contributed by atoms with Gasteiger partial charge in [0, 0.05) is 13.1 Å². The van der Waals surface area contributed by atoms with Crippen LogP contribution < -0.4 is 10.1 Å². The maximum absolute atomic E-state index is 5.29. The number of nitrogens with zero attached hydrogens (tertiary/aromatic N) is 4. The van der Waals surface area contributed by atoms with E-state index in [1.54, 1.807) is 11.8 Å². The largest absolute Gasteiger partial charge is 0.494 e. The molecule has 0 spiro atoms. The van der Waals surface area contributed by atoms with Crippen LogP contribution in [0.25, 0.3) is 0 Å². The maximum Gasteiger partial charge on any atom is 0.243 e. The van der Waals surface area contributed by atoms with Gasteiger partial charge in [-0.1, -0.05) is 18.4 Å². The number of hydrogen-bond acceptors (Lipinski definition) is 5. The summed E-state index contributed by atoms with van der Waals surface area (Å²) in [6.07, 6.45) is 2.16. The molecule has 0 bridgehead atoms. The Morgan fingerprint density at radius 2 is 2.00 bits per heavy atom. The van der Waals surface area contributed by atoms with Crippen molar-refractivity contribution in [3.05, 3.63) is 26.6 Å². The molecule has 21 heavy (non-hydrogen) atoms. The third kappa shape index (κ3) is 4.16. The summed E-state index contributed by atoms with van der Waals surface area (Å²) in [5.74, 6) is 1.47. The van der Waals surface area contributed by atoms with Crippen molar-refractivity contribution in [1.29, 1.82) is 0 Å². The van der Waals surface area contributed by atoms with Crippen LogP contribution in [0.3, 0.4) is 0 Å². The molecule has 0 radical (unpaired) electrons. The lowest BCUT2D eigenvalue weighted by molar-refractivity contribution is 0.409. The molecule has 0 aliphatic carbocycles. The first-order valence-corrected chi connectivity index (χ1v) is 8.26. The lowest BCUT2D eigenvalue weighted by atomic mass is 10.2. The molecular formula is C13H17Br2N5O. The maximum atomic E-state index is 5.29. The van der Waals surface area contributed by atoms with Crippen molar-refractivity contribution < 1.29 is 4.74 Å². The van der Waals surface area contributed by atoms with Gasteiger partial charge in [-0.3, -0.25) is 0 Å². The molecular weight excluding hydrogens is 402 g/mol. The average molecular weight is 419 g/mol. The van der Waals surface area contributed by atoms with Crippen LogP contribution in [0.4, 0.5) is 5.95 Å². The van der Waals surface area contributed by atoms with Gasteiger partial charge in [-0.15, -0.1) is 0 Å². The third-order valence-electron chi connectivity index (χ3n) is 2.97. The summed E-state index contributed by atoms with van der Waals surface area (Å²) >= 11 is 6.99. The number of aryl methyl sites for hydroxylation is 1. The van der Waals surface area contributed by atoms with Crippen molar-refractivity contribution in [3.8, 4) is 5.75 Å². The van der Waals surface area contributed by atoms with Crippen LogP contribution in [-0.2, 0) is 13.1 Å². The Kier molecular flexibility index (Phi) is 5.98. The second-order valence-electron chi connectivity index (χ2n) is 4.53. The van der Waals surface area contributed by atoms with Gasteiger partial charge < -0.3 is 10.1 Å². The lowest BCUT2D eigenvalue weighted by Crippen LogP contribution is -2.09. The molecule has 1 aromatic heterocycles. The van der Waals surface area contributed by atoms with E-state index < -0.39 is 0 Å². The smallest absolute Gasteiger partial charge is 0.243 e. The van der Waals surface area contributed by atoms with Crippen molar-refractivity contribution in [3.63, 3.8) is 0 Å². The molecule has 2 rings (SSSR count). The quantitative estimate of drug-likeness (QED) is 0.743. The van der Waals surface area contributed by atoms with Crippen LogP contribution in [0, 0.1) is 0 Å². The standard InChI is InChI=1S/C13H17Br2N5O/c1-3-4-5-20-13(17-18-19-20)16-8-9-6-10(14)12(21-2)11(15)7-9/h6-7H,3-5,8H2,1-2H3,(H,16,17,19). The van der Waals surface area contributed by atoms with Gasteiger partial charge in [0.2, 0.25) is 5.95 Å². The molecule has 0 aliphatic rings. The van der Waals surface area contributed by atoms with Crippen LogP contribution in [0.1, 0.15) is 25.3 Å². The predicted molar refractivity (Wildman–Crippen MR) is 88.4 cm³/mol. The minimum Gasteiger partial charge on any atom is -0.494 e. The first-order valence-electron chi connectivity index (χ1n) is 6.67. The summed E-state index contributed by atoms with van der Waals surface area (Å²) in [4.78, 5) is 0. The number of benzene rings is 1. The highest BCUT2D eigenvalue weighted by atomic mass is 79.9. The Bertz CT molecular complexity index is 579. The van der Waals surface area contributed by atoms with E-state index in [1.807, 2.05) is 12.1 Å². The van der Waals surface area contributed by atoms with E-state index in [4.69, 9.17) is 4.74 Å². The normalized spacial score (nSPS) is 10.7. The van der Waals surface area contributed by atoms with Gasteiger partial charge in [0.1, 0.15) is 5.75 Å². The highest BCUT2D eigenvalue weighted by molar-refractivity contribution is 9.11. The zero-order chi connectivity index (χ0) is 15.2. The van der Waals surface area contributed by atoms with E-state index in [-0.39, 0.29) is 0 Å². The molecule has 0 unspecified atom stereocenters. The molecule has 1 heterocycles. The van der Waals surface area contributed by atoms with E-state index >= 15 is 0 Å². The third-order valence-corrected chi connectivity index (χ3v) is 4.15. The van der Waals surface area contributed by atoms with Gasteiger partial charge in [0.25, 0.3) is 0 Å². The van der Waals surface area contributed by atoms with E-state index in [0.29, 0.717) is 12.5 Å². The molecule has 0 fully saturated rings. The van der Waals surface area contributed by atoms with E-state index in [0.717, 1.165) is 39.6 Å². The SMILES string of the molecule is CCCCn1nnnc1NCc1cc(Br)c(OC)c(Br)c1. The highest BCUT2D eigenvalue weighted by Gasteiger charge is 2.09. The average Bonchev–Trinajstić information content (AvgIpc) is 2.90. The molecule has 0 atom stereocenters. The number of nitrogens with one attached hydrogen (secondary N) is 1. The zero-order valence-electron chi connectivity index (χ0n) is 11.9. The summed E-state index contributed by atoms with van der Waals surface area (Å²) < 4.78 is 8.89. The lowest BCUT2D eigenvalue weighted by Gasteiger charge is -2.10. The molecule has 0 saturated carbocycles. The van der Waals surface area contributed by atoms with Gasteiger partial charge in [0.05, 0.1) is 16.1 Å². The monoisotopic (exact) mass is 417 g/mol. The fourth-order valence-corrected chi connectivity index (χ4v) is 3.49. The number of hydrogen-bond donors (Lipinski definition) is 1. The van der Waals surface area contributed by atoms with Crippen LogP contribution in [-0.4, -0.2) is 27.3 Å². The van der Waals surface area contributed by atoms with E-state index in [9.17, 15) is 0 Å². The summed E-state index contributed by atoms with van der Waals surface area (Å²) in [6, 6.07) is 4.02. The van der Waals surface area contributed by atoms with Crippen molar-refractivity contribution >= 4 is 37.8 Å². The van der Waals surface area contributed by atoms with Gasteiger partial charge >= 0.3 is 0 Å². The topological polar surface area (TPSA) is 64.9 Å². The Hall–Kier alpha value is -1.15. The number of methoxy groups -OCH3 is 1. The second kappa shape index (κ2) is 7.74. The molecule has 1 N–H and O–H groups in total. The van der Waals surface area contributed by atoms with Gasteiger partial charge in [-0.25, -0.2) is 4.68 Å². The van der Waals surface area contributed by atoms with Crippen molar-refractivity contribution in [2.45, 2.75) is 32.9 Å². The van der Waals surface area contributed by atoms with E-state index in [1.165, 1.54) is 0 Å². The predicted octanol–water partition coefficient (Wildman–Crippen LogP) is 3.62.